The third-order valence-corrected chi connectivity index (χ3v) is 2.82. The number of pyridine rings is 1. The first-order chi connectivity index (χ1) is 8.07. The zero-order valence-electron chi connectivity index (χ0n) is 9.83. The number of anilines is 1. The van der Waals surface area contributed by atoms with E-state index >= 15 is 0 Å². The van der Waals surface area contributed by atoms with Crippen molar-refractivity contribution in [3.05, 3.63) is 24.1 Å². The van der Waals surface area contributed by atoms with E-state index in [1.54, 1.807) is 13.8 Å². The molecule has 0 aromatic carbocycles. The molecule has 1 aromatic rings. The van der Waals surface area contributed by atoms with Gasteiger partial charge in [-0.2, -0.15) is 5.26 Å². The fourth-order valence-electron chi connectivity index (χ4n) is 1.47. The van der Waals surface area contributed by atoms with Crippen LogP contribution in [-0.2, 0) is 4.79 Å². The Morgan fingerprint density at radius 3 is 2.59 bits per heavy atom. The van der Waals surface area contributed by atoms with Crippen molar-refractivity contribution in [2.45, 2.75) is 26.7 Å². The fourth-order valence-corrected chi connectivity index (χ4v) is 1.47. The molecule has 1 amide bonds. The lowest BCUT2D eigenvalue weighted by Gasteiger charge is -2.21. The molecule has 1 aromatic heterocycles. The Kier molecular flexibility index (Phi) is 4.16. The molecule has 1 heterocycles. The third-order valence-electron chi connectivity index (χ3n) is 2.82. The molecule has 0 aliphatic carbocycles. The van der Waals surface area contributed by atoms with Crippen LogP contribution in [0.3, 0.4) is 0 Å². The summed E-state index contributed by atoms with van der Waals surface area (Å²) >= 11 is 0. The van der Waals surface area contributed by atoms with E-state index in [1.165, 1.54) is 12.1 Å². The van der Waals surface area contributed by atoms with Gasteiger partial charge in [-0.3, -0.25) is 4.79 Å². The van der Waals surface area contributed by atoms with E-state index in [0.717, 1.165) is 6.20 Å². The zero-order chi connectivity index (χ0) is 12.9. The molecule has 0 aliphatic heterocycles. The summed E-state index contributed by atoms with van der Waals surface area (Å²) < 4.78 is 12.6. The Labute approximate surface area is 99.5 Å². The van der Waals surface area contributed by atoms with E-state index in [-0.39, 0.29) is 5.82 Å². The third kappa shape index (κ3) is 2.78. The van der Waals surface area contributed by atoms with E-state index in [9.17, 15) is 9.18 Å². The minimum Gasteiger partial charge on any atom is -0.309 e. The van der Waals surface area contributed by atoms with Crippen molar-refractivity contribution in [3.63, 3.8) is 0 Å². The highest BCUT2D eigenvalue weighted by atomic mass is 19.1. The normalized spacial score (nSPS) is 10.7. The second-order valence-corrected chi connectivity index (χ2v) is 3.72. The quantitative estimate of drug-likeness (QED) is 0.871. The molecule has 0 saturated heterocycles. The minimum absolute atomic E-state index is 0.248. The maximum atomic E-state index is 12.6. The van der Waals surface area contributed by atoms with E-state index in [4.69, 9.17) is 5.26 Å². The average molecular weight is 235 g/mol. The molecule has 0 unspecified atom stereocenters. The molecule has 1 rings (SSSR count). The molecule has 5 heteroatoms. The van der Waals surface area contributed by atoms with Crippen molar-refractivity contribution in [2.75, 3.05) is 5.32 Å². The van der Waals surface area contributed by atoms with Crippen LogP contribution in [0.25, 0.3) is 0 Å². The van der Waals surface area contributed by atoms with E-state index in [0.29, 0.717) is 12.8 Å². The van der Waals surface area contributed by atoms with Crippen LogP contribution >= 0.6 is 0 Å². The van der Waals surface area contributed by atoms with Gasteiger partial charge in [-0.25, -0.2) is 9.37 Å². The number of nitriles is 1. The molecule has 0 radical (unpaired) electrons. The molecule has 1 N–H and O–H groups in total. The molecule has 0 spiro atoms. The van der Waals surface area contributed by atoms with Crippen molar-refractivity contribution in [1.29, 1.82) is 5.26 Å². The molecular weight excluding hydrogens is 221 g/mol. The Hall–Kier alpha value is -1.96. The van der Waals surface area contributed by atoms with Gasteiger partial charge in [0, 0.05) is 0 Å². The molecule has 90 valence electrons. The van der Waals surface area contributed by atoms with Crippen LogP contribution in [-0.4, -0.2) is 10.9 Å². The molecule has 0 fully saturated rings. The van der Waals surface area contributed by atoms with E-state index in [1.807, 2.05) is 6.07 Å². The standard InChI is InChI=1S/C12H14FN3O/c1-3-12(4-2,8-14)11(17)16-10-6-5-9(13)7-15-10/h5-7H,3-4H2,1-2H3,(H,15,16,17). The largest absolute Gasteiger partial charge is 0.309 e. The van der Waals surface area contributed by atoms with Crippen LogP contribution in [0.5, 0.6) is 0 Å². The molecule has 0 bridgehead atoms. The summed E-state index contributed by atoms with van der Waals surface area (Å²) in [6, 6.07) is 4.60. The summed E-state index contributed by atoms with van der Waals surface area (Å²) in [4.78, 5) is 15.7. The summed E-state index contributed by atoms with van der Waals surface area (Å²) in [5.74, 6) is -0.623. The van der Waals surface area contributed by atoms with Crippen LogP contribution in [0.15, 0.2) is 18.3 Å². The maximum absolute atomic E-state index is 12.6. The van der Waals surface area contributed by atoms with Gasteiger partial charge in [0.2, 0.25) is 5.91 Å². The first kappa shape index (κ1) is 13.1. The van der Waals surface area contributed by atoms with E-state index < -0.39 is 17.1 Å². The second-order valence-electron chi connectivity index (χ2n) is 3.72. The summed E-state index contributed by atoms with van der Waals surface area (Å²) in [7, 11) is 0. The summed E-state index contributed by atoms with van der Waals surface area (Å²) in [5, 5.41) is 11.6. The summed E-state index contributed by atoms with van der Waals surface area (Å²) in [6.07, 6.45) is 1.86. The van der Waals surface area contributed by atoms with Gasteiger partial charge in [0.15, 0.2) is 0 Å². The van der Waals surface area contributed by atoms with Gasteiger partial charge in [-0.1, -0.05) is 13.8 Å². The molecule has 17 heavy (non-hydrogen) atoms. The number of carbonyl (C=O) groups excluding carboxylic acids is 1. The van der Waals surface area contributed by atoms with Crippen molar-refractivity contribution in [2.24, 2.45) is 5.41 Å². The maximum Gasteiger partial charge on any atom is 0.245 e. The molecule has 4 nitrogen and oxygen atoms in total. The zero-order valence-corrected chi connectivity index (χ0v) is 9.83. The van der Waals surface area contributed by atoms with Crippen LogP contribution in [0.2, 0.25) is 0 Å². The number of rotatable bonds is 4. The summed E-state index contributed by atoms with van der Waals surface area (Å²) in [5.41, 5.74) is -1.05. The number of carbonyl (C=O) groups is 1. The number of nitrogens with one attached hydrogen (secondary N) is 1. The van der Waals surface area contributed by atoms with Crippen LogP contribution < -0.4 is 5.32 Å². The molecular formula is C12H14FN3O. The van der Waals surface area contributed by atoms with Gasteiger partial charge >= 0.3 is 0 Å². The monoisotopic (exact) mass is 235 g/mol. The SMILES string of the molecule is CCC(C#N)(CC)C(=O)Nc1ccc(F)cn1. The lowest BCUT2D eigenvalue weighted by Crippen LogP contribution is -2.34. The van der Waals surface area contributed by atoms with Gasteiger partial charge in [0.25, 0.3) is 0 Å². The highest BCUT2D eigenvalue weighted by Gasteiger charge is 2.35. The average Bonchev–Trinajstić information content (AvgIpc) is 2.35. The predicted octanol–water partition coefficient (Wildman–Crippen LogP) is 2.49. The van der Waals surface area contributed by atoms with Crippen LogP contribution in [0.4, 0.5) is 10.2 Å². The van der Waals surface area contributed by atoms with Gasteiger partial charge in [-0.15, -0.1) is 0 Å². The number of halogens is 1. The molecule has 0 atom stereocenters. The minimum atomic E-state index is -1.05. The lowest BCUT2D eigenvalue weighted by atomic mass is 9.83. The number of nitrogens with zero attached hydrogens (tertiary/aromatic N) is 2. The smallest absolute Gasteiger partial charge is 0.245 e. The topological polar surface area (TPSA) is 65.8 Å². The van der Waals surface area contributed by atoms with Crippen molar-refractivity contribution < 1.29 is 9.18 Å². The van der Waals surface area contributed by atoms with Crippen LogP contribution in [0, 0.1) is 22.6 Å². The number of aromatic nitrogens is 1. The van der Waals surface area contributed by atoms with Gasteiger partial charge in [-0.05, 0) is 25.0 Å². The van der Waals surface area contributed by atoms with Crippen molar-refractivity contribution in [3.8, 4) is 6.07 Å². The second kappa shape index (κ2) is 5.39. The summed E-state index contributed by atoms with van der Waals surface area (Å²) in [6.45, 7) is 3.56. The molecule has 0 aliphatic rings. The number of hydrogen-bond donors (Lipinski definition) is 1. The van der Waals surface area contributed by atoms with Gasteiger partial charge < -0.3 is 5.32 Å². The fraction of sp³-hybridized carbons (Fsp3) is 0.417. The van der Waals surface area contributed by atoms with E-state index in [2.05, 4.69) is 10.3 Å². The first-order valence-corrected chi connectivity index (χ1v) is 5.42. The predicted molar refractivity (Wildman–Crippen MR) is 61.5 cm³/mol. The highest BCUT2D eigenvalue weighted by molar-refractivity contribution is 5.96. The highest BCUT2D eigenvalue weighted by Crippen LogP contribution is 2.26. The number of hydrogen-bond acceptors (Lipinski definition) is 3. The van der Waals surface area contributed by atoms with Gasteiger partial charge in [0.05, 0.1) is 12.3 Å². The Balaban J connectivity index is 2.85. The first-order valence-electron chi connectivity index (χ1n) is 5.42. The number of amides is 1. The Morgan fingerprint density at radius 2 is 2.18 bits per heavy atom. The Bertz CT molecular complexity index is 432. The van der Waals surface area contributed by atoms with Crippen molar-refractivity contribution in [1.82, 2.24) is 4.98 Å². The van der Waals surface area contributed by atoms with Gasteiger partial charge in [0.1, 0.15) is 17.1 Å². The van der Waals surface area contributed by atoms with Crippen LogP contribution in [0.1, 0.15) is 26.7 Å². The Morgan fingerprint density at radius 1 is 1.53 bits per heavy atom. The van der Waals surface area contributed by atoms with Crippen molar-refractivity contribution >= 4 is 11.7 Å². The molecule has 0 saturated carbocycles. The lowest BCUT2D eigenvalue weighted by molar-refractivity contribution is -0.123.